The van der Waals surface area contributed by atoms with Gasteiger partial charge in [-0.3, -0.25) is 0 Å². The maximum atomic E-state index is 16.0. The molecule has 0 bridgehead atoms. The second-order valence-corrected chi connectivity index (χ2v) is 9.68. The van der Waals surface area contributed by atoms with Gasteiger partial charge in [0.2, 0.25) is 0 Å². The smallest absolute Gasteiger partial charge is 0.493 e. The Bertz CT molecular complexity index is 1210. The number of aromatic nitrogens is 1. The van der Waals surface area contributed by atoms with Crippen LogP contribution < -0.4 is 9.47 Å². The van der Waals surface area contributed by atoms with Gasteiger partial charge in [-0.25, -0.2) is 0 Å². The van der Waals surface area contributed by atoms with Gasteiger partial charge in [0.1, 0.15) is 5.71 Å². The van der Waals surface area contributed by atoms with Gasteiger partial charge in [0, 0.05) is 21.8 Å². The molecule has 0 unspecified atom stereocenters. The Balaban J connectivity index is 2.19. The van der Waals surface area contributed by atoms with Crippen molar-refractivity contribution >= 4 is 63.4 Å². The summed E-state index contributed by atoms with van der Waals surface area (Å²) in [5, 5.41) is 0. The molecule has 158 valence electrons. The standard InChI is InChI=1S/C21H21BF2I2N2O2/c1-10-18(25)12(3)27-20(10)17(14-7-8-15(29-5)16(9-14)30-6)21-11(2)19(26)13(4)28(21)22(27,23)24/h7-9H,1-6H3. The van der Waals surface area contributed by atoms with Crippen molar-refractivity contribution in [1.29, 1.82) is 0 Å². The van der Waals surface area contributed by atoms with E-state index in [2.05, 4.69) is 45.2 Å². The molecule has 0 N–H and O–H groups in total. The van der Waals surface area contributed by atoms with Crippen molar-refractivity contribution in [1.82, 2.24) is 4.48 Å². The number of methoxy groups -OCH3 is 2. The van der Waals surface area contributed by atoms with Crippen molar-refractivity contribution in [3.8, 4) is 11.5 Å². The highest BCUT2D eigenvalue weighted by molar-refractivity contribution is 14.1. The van der Waals surface area contributed by atoms with Crippen LogP contribution in [0.3, 0.4) is 0 Å². The molecule has 0 radical (unpaired) electrons. The topological polar surface area (TPSA) is 26.4 Å². The van der Waals surface area contributed by atoms with E-state index in [1.165, 1.54) is 8.96 Å². The van der Waals surface area contributed by atoms with Crippen molar-refractivity contribution < 1.29 is 22.6 Å². The molecule has 2 aliphatic heterocycles. The monoisotopic (exact) mass is 636 g/mol. The van der Waals surface area contributed by atoms with Crippen molar-refractivity contribution in [3.05, 3.63) is 59.1 Å². The van der Waals surface area contributed by atoms with Gasteiger partial charge in [-0.15, -0.1) is 0 Å². The van der Waals surface area contributed by atoms with E-state index in [9.17, 15) is 0 Å². The van der Waals surface area contributed by atoms with Crippen molar-refractivity contribution in [3.63, 3.8) is 0 Å². The number of fused-ring (bicyclic) bond motifs is 2. The molecule has 1 aromatic carbocycles. The summed E-state index contributed by atoms with van der Waals surface area (Å²) in [5.74, 6) is 1.16. The average Bonchev–Trinajstić information content (AvgIpc) is 3.09. The minimum absolute atomic E-state index is 0.565. The van der Waals surface area contributed by atoms with Gasteiger partial charge in [0.05, 0.1) is 23.4 Å². The first-order valence-corrected chi connectivity index (χ1v) is 11.6. The minimum atomic E-state index is -4.02. The number of hydrogen-bond donors (Lipinski definition) is 0. The number of nitrogens with zero attached hydrogens (tertiary/aromatic N) is 2. The maximum Gasteiger partial charge on any atom is 0.737 e. The fourth-order valence-electron chi connectivity index (χ4n) is 4.54. The molecule has 0 saturated heterocycles. The quantitative estimate of drug-likeness (QED) is 0.309. The summed E-state index contributed by atoms with van der Waals surface area (Å²) >= 11 is 4.34. The summed E-state index contributed by atoms with van der Waals surface area (Å²) in [6.45, 7) is 3.35. The van der Waals surface area contributed by atoms with Gasteiger partial charge >= 0.3 is 6.97 Å². The molecular weight excluding hydrogens is 615 g/mol. The largest absolute Gasteiger partial charge is 0.737 e. The summed E-state index contributed by atoms with van der Waals surface area (Å²) in [7, 11) is 3.16. The average molecular weight is 636 g/mol. The highest BCUT2D eigenvalue weighted by Crippen LogP contribution is 2.48. The molecule has 0 saturated carbocycles. The van der Waals surface area contributed by atoms with E-state index in [0.717, 1.165) is 29.4 Å². The Labute approximate surface area is 202 Å². The predicted octanol–water partition coefficient (Wildman–Crippen LogP) is 5.92. The lowest BCUT2D eigenvalue weighted by atomic mass is 9.84. The fraction of sp³-hybridized carbons (Fsp3) is 0.286. The SMILES string of the molecule is COc1ccc(C2=C3C(C)=C(I)C(C)=[N+]3[B-](F)(F)n3c(C)c(I)c(C)c32)cc1OC. The molecule has 0 fully saturated rings. The van der Waals surface area contributed by atoms with Gasteiger partial charge in [-0.1, -0.05) is 6.07 Å². The third-order valence-electron chi connectivity index (χ3n) is 5.98. The van der Waals surface area contributed by atoms with Crippen LogP contribution >= 0.6 is 45.2 Å². The molecule has 0 spiro atoms. The third-order valence-corrected chi connectivity index (χ3v) is 9.16. The number of benzene rings is 1. The summed E-state index contributed by atoms with van der Waals surface area (Å²) in [6.07, 6.45) is 0. The highest BCUT2D eigenvalue weighted by Gasteiger charge is 2.56. The molecule has 0 aliphatic carbocycles. The second-order valence-electron chi connectivity index (χ2n) is 7.52. The molecule has 1 aromatic heterocycles. The lowest BCUT2D eigenvalue weighted by molar-refractivity contribution is -0.363. The number of rotatable bonds is 3. The summed E-state index contributed by atoms with van der Waals surface area (Å²) in [6, 6.07) is 5.59. The Morgan fingerprint density at radius 1 is 1.00 bits per heavy atom. The normalized spacial score (nSPS) is 17.5. The zero-order valence-corrected chi connectivity index (χ0v) is 21.8. The van der Waals surface area contributed by atoms with Crippen LogP contribution in [0.5, 0.6) is 11.5 Å². The van der Waals surface area contributed by atoms with E-state index < -0.39 is 6.97 Å². The second kappa shape index (κ2) is 7.35. The Kier molecular flexibility index (Phi) is 5.36. The fourth-order valence-corrected chi connectivity index (χ4v) is 5.57. The zero-order chi connectivity index (χ0) is 22.1. The number of halogens is 4. The number of allylic oxidation sites excluding steroid dienone is 2. The van der Waals surface area contributed by atoms with Crippen LogP contribution in [0, 0.1) is 17.4 Å². The molecule has 30 heavy (non-hydrogen) atoms. The lowest BCUT2D eigenvalue weighted by Crippen LogP contribution is -2.51. The van der Waals surface area contributed by atoms with Crippen LogP contribution in [-0.2, 0) is 0 Å². The van der Waals surface area contributed by atoms with E-state index in [4.69, 9.17) is 9.47 Å². The van der Waals surface area contributed by atoms with Crippen molar-refractivity contribution in [2.24, 2.45) is 0 Å². The van der Waals surface area contributed by atoms with Crippen LogP contribution in [-0.4, -0.2) is 35.9 Å². The lowest BCUT2D eigenvalue weighted by Gasteiger charge is -2.34. The molecule has 2 aromatic rings. The molecule has 3 heterocycles. The molecule has 4 rings (SSSR count). The number of hydrogen-bond acceptors (Lipinski definition) is 2. The molecule has 4 nitrogen and oxygen atoms in total. The maximum absolute atomic E-state index is 16.0. The first-order chi connectivity index (χ1) is 14.1. The van der Waals surface area contributed by atoms with Crippen molar-refractivity contribution in [2.45, 2.75) is 27.7 Å². The number of ether oxygens (including phenoxy) is 2. The van der Waals surface area contributed by atoms with Crippen LogP contribution in [0.1, 0.15) is 36.4 Å². The summed E-state index contributed by atoms with van der Waals surface area (Å²) in [5.41, 5.74) is 5.62. The Morgan fingerprint density at radius 3 is 2.23 bits per heavy atom. The third kappa shape index (κ3) is 2.76. The van der Waals surface area contributed by atoms with E-state index in [-0.39, 0.29) is 0 Å². The predicted molar refractivity (Wildman–Crippen MR) is 133 cm³/mol. The molecule has 0 atom stereocenters. The van der Waals surface area contributed by atoms with Gasteiger partial charge in [-0.05, 0) is 94.9 Å². The molecular formula is C21H21BF2I2N2O2. The molecule has 2 aliphatic rings. The first-order valence-electron chi connectivity index (χ1n) is 9.44. The van der Waals surface area contributed by atoms with E-state index >= 15 is 8.63 Å². The van der Waals surface area contributed by atoms with Gasteiger partial charge < -0.3 is 27.1 Å². The van der Waals surface area contributed by atoms with Crippen LogP contribution in [0.25, 0.3) is 5.57 Å². The summed E-state index contributed by atoms with van der Waals surface area (Å²) in [4.78, 5) is 0. The van der Waals surface area contributed by atoms with Gasteiger partial charge in [0.25, 0.3) is 0 Å². The highest BCUT2D eigenvalue weighted by atomic mass is 127. The summed E-state index contributed by atoms with van der Waals surface area (Å²) < 4.78 is 47.0. The van der Waals surface area contributed by atoms with Crippen LogP contribution in [0.4, 0.5) is 8.63 Å². The van der Waals surface area contributed by atoms with Gasteiger partial charge in [-0.2, -0.15) is 0 Å². The van der Waals surface area contributed by atoms with Crippen molar-refractivity contribution in [2.75, 3.05) is 14.2 Å². The van der Waals surface area contributed by atoms with Gasteiger partial charge in [0.15, 0.2) is 17.2 Å². The molecule has 9 heteroatoms. The minimum Gasteiger partial charge on any atom is -0.493 e. The van der Waals surface area contributed by atoms with Crippen LogP contribution in [0.2, 0.25) is 0 Å². The van der Waals surface area contributed by atoms with E-state index in [1.807, 2.05) is 32.0 Å². The Morgan fingerprint density at radius 2 is 1.63 bits per heavy atom. The zero-order valence-electron chi connectivity index (χ0n) is 17.5. The van der Waals surface area contributed by atoms with E-state index in [0.29, 0.717) is 34.3 Å². The Hall–Kier alpha value is -1.37. The van der Waals surface area contributed by atoms with E-state index in [1.54, 1.807) is 28.1 Å². The van der Waals surface area contributed by atoms with Crippen LogP contribution in [0.15, 0.2) is 33.0 Å². The first kappa shape index (κ1) is 21.9. The molecule has 0 amide bonds.